The summed E-state index contributed by atoms with van der Waals surface area (Å²) in [5.41, 5.74) is 9.95. The highest BCUT2D eigenvalue weighted by atomic mass is 16.2. The highest BCUT2D eigenvalue weighted by Gasteiger charge is 2.14. The van der Waals surface area contributed by atoms with Crippen molar-refractivity contribution < 1.29 is 4.79 Å². The van der Waals surface area contributed by atoms with Crippen LogP contribution in [0, 0.1) is 0 Å². The molecular weight excluding hydrogens is 298 g/mol. The first-order valence-electron chi connectivity index (χ1n) is 7.83. The van der Waals surface area contributed by atoms with Crippen molar-refractivity contribution in [1.29, 1.82) is 0 Å². The molecule has 0 aliphatic rings. The van der Waals surface area contributed by atoms with Crippen molar-refractivity contribution in [2.24, 2.45) is 5.73 Å². The van der Waals surface area contributed by atoms with Crippen LogP contribution >= 0.6 is 0 Å². The second-order valence-corrected chi connectivity index (χ2v) is 5.60. The van der Waals surface area contributed by atoms with Crippen LogP contribution in [0.5, 0.6) is 0 Å². The van der Waals surface area contributed by atoms with Crippen LogP contribution in [0.4, 0.5) is 5.69 Å². The third-order valence-corrected chi connectivity index (χ3v) is 3.80. The van der Waals surface area contributed by atoms with E-state index in [0.29, 0.717) is 6.42 Å². The van der Waals surface area contributed by atoms with E-state index in [1.165, 1.54) is 0 Å². The molecule has 24 heavy (non-hydrogen) atoms. The maximum Gasteiger partial charge on any atom is 0.241 e. The number of aromatic nitrogens is 1. The van der Waals surface area contributed by atoms with Gasteiger partial charge in [-0.2, -0.15) is 0 Å². The number of carbonyl (C=O) groups is 1. The van der Waals surface area contributed by atoms with Gasteiger partial charge in [-0.1, -0.05) is 42.5 Å². The zero-order valence-corrected chi connectivity index (χ0v) is 13.2. The lowest BCUT2D eigenvalue weighted by Crippen LogP contribution is -2.37. The van der Waals surface area contributed by atoms with E-state index in [1.54, 1.807) is 12.4 Å². The number of nitrogens with zero attached hydrogens (tertiary/aromatic N) is 1. The van der Waals surface area contributed by atoms with E-state index in [0.717, 1.165) is 22.4 Å². The summed E-state index contributed by atoms with van der Waals surface area (Å²) in [5.74, 6) is -0.185. The first-order valence-corrected chi connectivity index (χ1v) is 7.83. The molecule has 1 atom stereocenters. The maximum atomic E-state index is 12.2. The molecule has 2 aromatic carbocycles. The van der Waals surface area contributed by atoms with Gasteiger partial charge >= 0.3 is 0 Å². The molecule has 3 rings (SSSR count). The quantitative estimate of drug-likeness (QED) is 0.759. The molecule has 3 N–H and O–H groups in total. The number of anilines is 1. The van der Waals surface area contributed by atoms with Gasteiger partial charge in [-0.05, 0) is 47.4 Å². The molecule has 4 heteroatoms. The molecule has 1 heterocycles. The van der Waals surface area contributed by atoms with Gasteiger partial charge in [0, 0.05) is 18.1 Å². The molecule has 0 radical (unpaired) electrons. The van der Waals surface area contributed by atoms with E-state index < -0.39 is 6.04 Å². The van der Waals surface area contributed by atoms with E-state index in [1.807, 2.05) is 66.7 Å². The van der Waals surface area contributed by atoms with Crippen molar-refractivity contribution in [2.75, 3.05) is 5.32 Å². The van der Waals surface area contributed by atoms with Gasteiger partial charge < -0.3 is 11.1 Å². The highest BCUT2D eigenvalue weighted by molar-refractivity contribution is 5.95. The molecule has 120 valence electrons. The normalized spacial score (nSPS) is 11.7. The Morgan fingerprint density at radius 1 is 0.917 bits per heavy atom. The Morgan fingerprint density at radius 2 is 1.54 bits per heavy atom. The minimum absolute atomic E-state index is 0.185. The largest absolute Gasteiger partial charge is 0.325 e. The number of nitrogens with two attached hydrogens (primary N) is 1. The second kappa shape index (κ2) is 7.53. The molecule has 3 aromatic rings. The Morgan fingerprint density at radius 3 is 2.21 bits per heavy atom. The molecule has 4 nitrogen and oxygen atoms in total. The Bertz CT molecular complexity index is 786. The summed E-state index contributed by atoms with van der Waals surface area (Å²) in [4.78, 5) is 16.2. The fourth-order valence-electron chi connectivity index (χ4n) is 2.49. The van der Waals surface area contributed by atoms with Gasteiger partial charge in [0.15, 0.2) is 0 Å². The summed E-state index contributed by atoms with van der Waals surface area (Å²) in [7, 11) is 0. The molecule has 0 unspecified atom stereocenters. The zero-order valence-electron chi connectivity index (χ0n) is 13.2. The Hall–Kier alpha value is -2.98. The molecule has 0 aliphatic carbocycles. The van der Waals surface area contributed by atoms with Crippen LogP contribution in [0.15, 0.2) is 79.1 Å². The van der Waals surface area contributed by atoms with Crippen molar-refractivity contribution in [1.82, 2.24) is 4.98 Å². The Labute approximate surface area is 141 Å². The second-order valence-electron chi connectivity index (χ2n) is 5.60. The standard InChI is InChI=1S/C20H19N3O/c21-19(14-15-4-2-1-3-5-15)20(24)23-18-8-6-16(7-9-18)17-10-12-22-13-11-17/h1-13,19H,14,21H2,(H,23,24)/t19-/m1/s1. The zero-order chi connectivity index (χ0) is 16.8. The molecule has 1 amide bonds. The number of hydrogen-bond acceptors (Lipinski definition) is 3. The van der Waals surface area contributed by atoms with Crippen molar-refractivity contribution in [3.05, 3.63) is 84.7 Å². The third-order valence-electron chi connectivity index (χ3n) is 3.80. The average molecular weight is 317 g/mol. The molecule has 0 saturated heterocycles. The molecular formula is C20H19N3O. The summed E-state index contributed by atoms with van der Waals surface area (Å²) in [6.45, 7) is 0. The van der Waals surface area contributed by atoms with E-state index in [2.05, 4.69) is 10.3 Å². The minimum atomic E-state index is -0.577. The molecule has 1 aromatic heterocycles. The van der Waals surface area contributed by atoms with Crippen LogP contribution in [0.1, 0.15) is 5.56 Å². The van der Waals surface area contributed by atoms with Crippen molar-refractivity contribution in [2.45, 2.75) is 12.5 Å². The number of amides is 1. The van der Waals surface area contributed by atoms with E-state index in [4.69, 9.17) is 5.73 Å². The van der Waals surface area contributed by atoms with Crippen molar-refractivity contribution in [3.8, 4) is 11.1 Å². The van der Waals surface area contributed by atoms with Crippen LogP contribution in [0.3, 0.4) is 0 Å². The SMILES string of the molecule is N[C@H](Cc1ccccc1)C(=O)Nc1ccc(-c2ccncc2)cc1. The van der Waals surface area contributed by atoms with Crippen LogP contribution in [0.2, 0.25) is 0 Å². The number of rotatable bonds is 5. The van der Waals surface area contributed by atoms with Gasteiger partial charge in [-0.25, -0.2) is 0 Å². The lowest BCUT2D eigenvalue weighted by Gasteiger charge is -2.13. The lowest BCUT2D eigenvalue weighted by atomic mass is 10.1. The minimum Gasteiger partial charge on any atom is -0.325 e. The summed E-state index contributed by atoms with van der Waals surface area (Å²) in [6, 6.07) is 20.8. The summed E-state index contributed by atoms with van der Waals surface area (Å²) >= 11 is 0. The monoisotopic (exact) mass is 317 g/mol. The number of hydrogen-bond donors (Lipinski definition) is 2. The van der Waals surface area contributed by atoms with Crippen LogP contribution in [-0.4, -0.2) is 16.9 Å². The first kappa shape index (κ1) is 15.9. The Balaban J connectivity index is 1.62. The fraction of sp³-hybridized carbons (Fsp3) is 0.100. The van der Waals surface area contributed by atoms with E-state index in [9.17, 15) is 4.79 Å². The van der Waals surface area contributed by atoms with Crippen LogP contribution < -0.4 is 11.1 Å². The average Bonchev–Trinajstić information content (AvgIpc) is 2.64. The number of benzene rings is 2. The fourth-order valence-corrected chi connectivity index (χ4v) is 2.49. The van der Waals surface area contributed by atoms with Gasteiger partial charge in [0.25, 0.3) is 0 Å². The summed E-state index contributed by atoms with van der Waals surface area (Å²) in [6.07, 6.45) is 4.03. The molecule has 0 spiro atoms. The van der Waals surface area contributed by atoms with Gasteiger partial charge in [0.1, 0.15) is 0 Å². The van der Waals surface area contributed by atoms with Crippen molar-refractivity contribution in [3.63, 3.8) is 0 Å². The topological polar surface area (TPSA) is 68.0 Å². The number of nitrogens with one attached hydrogen (secondary N) is 1. The predicted octanol–water partition coefficient (Wildman–Crippen LogP) is 3.26. The van der Waals surface area contributed by atoms with E-state index >= 15 is 0 Å². The Kier molecular flexibility index (Phi) is 4.99. The number of pyridine rings is 1. The lowest BCUT2D eigenvalue weighted by molar-refractivity contribution is -0.117. The predicted molar refractivity (Wildman–Crippen MR) is 96.4 cm³/mol. The van der Waals surface area contributed by atoms with Crippen molar-refractivity contribution >= 4 is 11.6 Å². The number of carbonyl (C=O) groups excluding carboxylic acids is 1. The van der Waals surface area contributed by atoms with Gasteiger partial charge in [-0.3, -0.25) is 9.78 Å². The third kappa shape index (κ3) is 4.06. The van der Waals surface area contributed by atoms with E-state index in [-0.39, 0.29) is 5.91 Å². The van der Waals surface area contributed by atoms with Gasteiger partial charge in [0.2, 0.25) is 5.91 Å². The van der Waals surface area contributed by atoms with Crippen LogP contribution in [-0.2, 0) is 11.2 Å². The molecule has 0 bridgehead atoms. The molecule has 0 saturated carbocycles. The summed E-state index contributed by atoms with van der Waals surface area (Å²) < 4.78 is 0. The first-order chi connectivity index (χ1) is 11.7. The molecule has 0 aliphatic heterocycles. The highest BCUT2D eigenvalue weighted by Crippen LogP contribution is 2.20. The van der Waals surface area contributed by atoms with Gasteiger partial charge in [-0.15, -0.1) is 0 Å². The van der Waals surface area contributed by atoms with Crippen LogP contribution in [0.25, 0.3) is 11.1 Å². The van der Waals surface area contributed by atoms with Gasteiger partial charge in [0.05, 0.1) is 6.04 Å². The maximum absolute atomic E-state index is 12.2. The molecule has 0 fully saturated rings. The summed E-state index contributed by atoms with van der Waals surface area (Å²) in [5, 5.41) is 2.86. The smallest absolute Gasteiger partial charge is 0.241 e.